The monoisotopic (exact) mass is 378 g/mol. The van der Waals surface area contributed by atoms with Crippen LogP contribution in [0.4, 0.5) is 0 Å². The van der Waals surface area contributed by atoms with Crippen molar-refractivity contribution in [2.45, 2.75) is 17.8 Å². The molecule has 0 radical (unpaired) electrons. The van der Waals surface area contributed by atoms with Gasteiger partial charge in [-0.15, -0.1) is 0 Å². The van der Waals surface area contributed by atoms with Gasteiger partial charge >= 0.3 is 0 Å². The van der Waals surface area contributed by atoms with Gasteiger partial charge in [-0.25, -0.2) is 9.97 Å². The molecule has 0 amide bonds. The van der Waals surface area contributed by atoms with Gasteiger partial charge in [0.2, 0.25) is 0 Å². The number of aromatic nitrogens is 4. The van der Waals surface area contributed by atoms with Gasteiger partial charge < -0.3 is 4.74 Å². The van der Waals surface area contributed by atoms with Crippen LogP contribution in [0.15, 0.2) is 71.0 Å². The van der Waals surface area contributed by atoms with E-state index >= 15 is 0 Å². The van der Waals surface area contributed by atoms with Crippen molar-refractivity contribution in [2.24, 2.45) is 0 Å². The van der Waals surface area contributed by atoms with Crippen molar-refractivity contribution < 1.29 is 4.74 Å². The predicted molar refractivity (Wildman–Crippen MR) is 106 cm³/mol. The van der Waals surface area contributed by atoms with Crippen molar-refractivity contribution in [3.05, 3.63) is 82.7 Å². The first kappa shape index (κ1) is 17.4. The van der Waals surface area contributed by atoms with Gasteiger partial charge in [0.1, 0.15) is 11.4 Å². The first-order valence-corrected chi connectivity index (χ1v) is 9.42. The van der Waals surface area contributed by atoms with Gasteiger partial charge in [0, 0.05) is 36.1 Å². The van der Waals surface area contributed by atoms with Gasteiger partial charge in [0.15, 0.2) is 5.16 Å². The van der Waals surface area contributed by atoms with Gasteiger partial charge in [0.25, 0.3) is 5.56 Å². The van der Waals surface area contributed by atoms with E-state index in [0.29, 0.717) is 11.4 Å². The van der Waals surface area contributed by atoms with Crippen LogP contribution in [0.5, 0.6) is 5.75 Å². The Morgan fingerprint density at radius 3 is 2.74 bits per heavy atom. The van der Waals surface area contributed by atoms with E-state index in [9.17, 15) is 4.79 Å². The molecular formula is C20H18N4O2S. The molecule has 0 aliphatic heterocycles. The fourth-order valence-electron chi connectivity index (χ4n) is 2.81. The molecule has 0 bridgehead atoms. The summed E-state index contributed by atoms with van der Waals surface area (Å²) in [5, 5.41) is 0.839. The number of fused-ring (bicyclic) bond motifs is 1. The zero-order chi connectivity index (χ0) is 18.8. The number of methoxy groups -OCH3 is 1. The summed E-state index contributed by atoms with van der Waals surface area (Å²) >= 11 is 1.54. The molecule has 0 saturated heterocycles. The minimum Gasteiger partial charge on any atom is -0.497 e. The van der Waals surface area contributed by atoms with Gasteiger partial charge in [-0.2, -0.15) is 0 Å². The fraction of sp³-hybridized carbons (Fsp3) is 0.150. The number of aryl methyl sites for hydroxylation is 1. The Morgan fingerprint density at radius 2 is 1.96 bits per heavy atom. The highest BCUT2D eigenvalue weighted by atomic mass is 32.2. The van der Waals surface area contributed by atoms with Crippen molar-refractivity contribution in [2.75, 3.05) is 7.11 Å². The number of benzene rings is 1. The number of hydrogen-bond donors (Lipinski definition) is 0. The molecule has 0 atom stereocenters. The average Bonchev–Trinajstić information content (AvgIpc) is 3.15. The van der Waals surface area contributed by atoms with E-state index in [1.165, 1.54) is 0 Å². The summed E-state index contributed by atoms with van der Waals surface area (Å²) in [7, 11) is 1.65. The second kappa shape index (κ2) is 7.28. The molecule has 0 spiro atoms. The quantitative estimate of drug-likeness (QED) is 0.498. The molecule has 0 saturated carbocycles. The van der Waals surface area contributed by atoms with Crippen LogP contribution >= 0.6 is 11.8 Å². The highest BCUT2D eigenvalue weighted by Gasteiger charge is 2.09. The molecule has 27 heavy (non-hydrogen) atoms. The molecule has 3 heterocycles. The Balaban J connectivity index is 1.58. The van der Waals surface area contributed by atoms with Crippen molar-refractivity contribution in [1.29, 1.82) is 0 Å². The Kier molecular flexibility index (Phi) is 4.68. The lowest BCUT2D eigenvalue weighted by Gasteiger charge is -2.09. The molecule has 1 aromatic carbocycles. The van der Waals surface area contributed by atoms with Gasteiger partial charge in [-0.05, 0) is 42.8 Å². The molecule has 0 N–H and O–H groups in total. The Morgan fingerprint density at radius 1 is 1.15 bits per heavy atom. The van der Waals surface area contributed by atoms with Crippen LogP contribution in [-0.2, 0) is 5.75 Å². The highest BCUT2D eigenvalue weighted by molar-refractivity contribution is 7.98. The first-order chi connectivity index (χ1) is 13.1. The lowest BCUT2D eigenvalue weighted by atomic mass is 10.3. The van der Waals surface area contributed by atoms with Gasteiger partial charge in [-0.3, -0.25) is 13.8 Å². The molecule has 0 unspecified atom stereocenters. The van der Waals surface area contributed by atoms with Crippen LogP contribution in [0.1, 0.15) is 11.3 Å². The van der Waals surface area contributed by atoms with E-state index < -0.39 is 0 Å². The smallest absolute Gasteiger partial charge is 0.258 e. The molecule has 7 heteroatoms. The van der Waals surface area contributed by atoms with E-state index in [-0.39, 0.29) is 5.56 Å². The number of imidazole rings is 1. The number of nitrogens with zero attached hydrogens (tertiary/aromatic N) is 4. The third kappa shape index (κ3) is 3.59. The van der Waals surface area contributed by atoms with E-state index in [4.69, 9.17) is 4.74 Å². The number of hydrogen-bond acceptors (Lipinski definition) is 5. The third-order valence-electron chi connectivity index (χ3n) is 4.17. The maximum atomic E-state index is 12.3. The predicted octanol–water partition coefficient (Wildman–Crippen LogP) is 3.49. The molecule has 4 aromatic rings. The molecular weight excluding hydrogens is 360 g/mol. The zero-order valence-corrected chi connectivity index (χ0v) is 15.8. The normalized spacial score (nSPS) is 11.0. The van der Waals surface area contributed by atoms with E-state index in [1.54, 1.807) is 41.7 Å². The van der Waals surface area contributed by atoms with Crippen LogP contribution in [-0.4, -0.2) is 26.0 Å². The second-order valence-corrected chi connectivity index (χ2v) is 7.03. The highest BCUT2D eigenvalue weighted by Crippen LogP contribution is 2.24. The van der Waals surface area contributed by atoms with Crippen LogP contribution in [0.3, 0.4) is 0 Å². The number of rotatable bonds is 5. The van der Waals surface area contributed by atoms with E-state index in [2.05, 4.69) is 9.97 Å². The van der Waals surface area contributed by atoms with Crippen LogP contribution in [0.2, 0.25) is 0 Å². The summed E-state index contributed by atoms with van der Waals surface area (Å²) in [4.78, 5) is 21.4. The molecule has 136 valence electrons. The van der Waals surface area contributed by atoms with Crippen molar-refractivity contribution in [1.82, 2.24) is 18.9 Å². The standard InChI is InChI=1S/C20H18N4O2S/c1-14-3-8-18-22-15(11-19(25)24(18)12-14)13-27-20-21-9-10-23(20)16-4-6-17(26-2)7-5-16/h3-12H,13H2,1-2H3. The van der Waals surface area contributed by atoms with Crippen LogP contribution in [0.25, 0.3) is 11.3 Å². The molecule has 0 fully saturated rings. The Bertz CT molecular complexity index is 1150. The summed E-state index contributed by atoms with van der Waals surface area (Å²) in [6, 6.07) is 13.2. The molecule has 0 aliphatic carbocycles. The summed E-state index contributed by atoms with van der Waals surface area (Å²) in [6.07, 6.45) is 5.48. The summed E-state index contributed by atoms with van der Waals surface area (Å²) in [5.74, 6) is 1.37. The Labute approximate surface area is 160 Å². The number of thioether (sulfide) groups is 1. The lowest BCUT2D eigenvalue weighted by molar-refractivity contribution is 0.414. The fourth-order valence-corrected chi connectivity index (χ4v) is 3.67. The summed E-state index contributed by atoms with van der Waals surface area (Å²) < 4.78 is 8.78. The SMILES string of the molecule is COc1ccc(-n2ccnc2SCc2cc(=O)n3cc(C)ccc3n2)cc1. The van der Waals surface area contributed by atoms with Crippen molar-refractivity contribution in [3.63, 3.8) is 0 Å². The van der Waals surface area contributed by atoms with Crippen molar-refractivity contribution in [3.8, 4) is 11.4 Å². The van der Waals surface area contributed by atoms with E-state index in [1.807, 2.05) is 54.1 Å². The average molecular weight is 378 g/mol. The maximum absolute atomic E-state index is 12.3. The molecule has 6 nitrogen and oxygen atoms in total. The first-order valence-electron chi connectivity index (χ1n) is 8.43. The molecule has 4 rings (SSSR count). The van der Waals surface area contributed by atoms with Crippen LogP contribution < -0.4 is 10.3 Å². The Hall–Kier alpha value is -3.06. The van der Waals surface area contributed by atoms with Gasteiger partial charge in [0.05, 0.1) is 12.8 Å². The number of ether oxygens (including phenoxy) is 1. The van der Waals surface area contributed by atoms with Gasteiger partial charge in [-0.1, -0.05) is 17.8 Å². The lowest BCUT2D eigenvalue weighted by Crippen LogP contribution is -2.15. The zero-order valence-electron chi connectivity index (χ0n) is 15.0. The maximum Gasteiger partial charge on any atom is 0.258 e. The summed E-state index contributed by atoms with van der Waals surface area (Å²) in [6.45, 7) is 1.95. The largest absolute Gasteiger partial charge is 0.497 e. The topological polar surface area (TPSA) is 61.4 Å². The summed E-state index contributed by atoms with van der Waals surface area (Å²) in [5.41, 5.74) is 3.34. The van der Waals surface area contributed by atoms with E-state index in [0.717, 1.165) is 27.9 Å². The minimum atomic E-state index is -0.0715. The second-order valence-electron chi connectivity index (χ2n) is 6.09. The molecule has 3 aromatic heterocycles. The third-order valence-corrected chi connectivity index (χ3v) is 5.17. The van der Waals surface area contributed by atoms with Crippen LogP contribution in [0, 0.1) is 6.92 Å². The minimum absolute atomic E-state index is 0.0715. The number of pyridine rings is 1. The molecule has 0 aliphatic rings. The van der Waals surface area contributed by atoms with Crippen molar-refractivity contribution >= 4 is 17.4 Å².